The fourth-order valence-electron chi connectivity index (χ4n) is 5.03. The fraction of sp³-hybridized carbons (Fsp3) is 0.857. The number of hydrogen-bond acceptors (Lipinski definition) is 5. The number of methoxy groups -OCH3 is 1. The highest BCUT2D eigenvalue weighted by atomic mass is 28.3. The van der Waals surface area contributed by atoms with Gasteiger partial charge in [-0.05, 0) is 44.1 Å². The van der Waals surface area contributed by atoms with E-state index in [-0.39, 0.29) is 36.7 Å². The zero-order valence-electron chi connectivity index (χ0n) is 18.6. The molecule has 7 nitrogen and oxygen atoms in total. The molecule has 1 heterocycles. The normalized spacial score (nSPS) is 27.8. The Labute approximate surface area is 175 Å². The van der Waals surface area contributed by atoms with Gasteiger partial charge in [0, 0.05) is 40.7 Å². The zero-order chi connectivity index (χ0) is 21.4. The summed E-state index contributed by atoms with van der Waals surface area (Å²) in [4.78, 5) is 40.9. The van der Waals surface area contributed by atoms with Gasteiger partial charge in [0.2, 0.25) is 0 Å². The van der Waals surface area contributed by atoms with Crippen molar-refractivity contribution in [1.82, 2.24) is 9.80 Å². The first-order valence-electron chi connectivity index (χ1n) is 10.8. The Kier molecular flexibility index (Phi) is 6.28. The van der Waals surface area contributed by atoms with Crippen molar-refractivity contribution in [2.45, 2.75) is 82.7 Å². The minimum atomic E-state index is -1.23. The van der Waals surface area contributed by atoms with E-state index in [1.165, 1.54) is 4.90 Å². The van der Waals surface area contributed by atoms with Crippen LogP contribution in [0.25, 0.3) is 0 Å². The second kappa shape index (κ2) is 8.11. The van der Waals surface area contributed by atoms with Crippen LogP contribution in [-0.2, 0) is 19.1 Å². The summed E-state index contributed by atoms with van der Waals surface area (Å²) in [5.74, 6) is 0.106. The molecule has 3 fully saturated rings. The highest BCUT2D eigenvalue weighted by Crippen LogP contribution is 2.54. The van der Waals surface area contributed by atoms with E-state index in [1.807, 2.05) is 0 Å². The molecule has 29 heavy (non-hydrogen) atoms. The standard InChI is InChI=1S/C21H36N2O5Si/c1-20(14-27-2)18(25)22(15-28-10-11-29(3,4)5)19(26)23(20)16-12-21(13-16)8-6-17(24)7-9-21/h16H,6-15H2,1-5H3/t20-/m0/s1. The molecule has 3 aliphatic rings. The highest BCUT2D eigenvalue weighted by Gasteiger charge is 2.61. The van der Waals surface area contributed by atoms with Gasteiger partial charge in [0.05, 0.1) is 6.61 Å². The van der Waals surface area contributed by atoms with Crippen molar-refractivity contribution in [3.05, 3.63) is 0 Å². The van der Waals surface area contributed by atoms with Gasteiger partial charge in [-0.1, -0.05) is 19.6 Å². The van der Waals surface area contributed by atoms with Crippen LogP contribution in [0, 0.1) is 5.41 Å². The van der Waals surface area contributed by atoms with Crippen molar-refractivity contribution in [2.75, 3.05) is 27.1 Å². The maximum Gasteiger partial charge on any atom is 0.329 e. The number of hydrogen-bond donors (Lipinski definition) is 0. The minimum Gasteiger partial charge on any atom is -0.382 e. The van der Waals surface area contributed by atoms with Gasteiger partial charge in [-0.15, -0.1) is 0 Å². The molecule has 1 spiro atoms. The van der Waals surface area contributed by atoms with Crippen molar-refractivity contribution in [3.63, 3.8) is 0 Å². The molecule has 0 bridgehead atoms. The van der Waals surface area contributed by atoms with Gasteiger partial charge in [0.25, 0.3) is 5.91 Å². The number of carbonyl (C=O) groups excluding carboxylic acids is 3. The summed E-state index contributed by atoms with van der Waals surface area (Å²) in [5, 5.41) is 0. The molecule has 1 atom stereocenters. The summed E-state index contributed by atoms with van der Waals surface area (Å²) in [7, 11) is 0.326. The summed E-state index contributed by atoms with van der Waals surface area (Å²) < 4.78 is 11.1. The number of rotatable bonds is 8. The summed E-state index contributed by atoms with van der Waals surface area (Å²) in [6.07, 6.45) is 4.83. The average molecular weight is 425 g/mol. The van der Waals surface area contributed by atoms with E-state index in [2.05, 4.69) is 19.6 Å². The Bertz CT molecular complexity index is 658. The lowest BCUT2D eigenvalue weighted by molar-refractivity contribution is -0.141. The van der Waals surface area contributed by atoms with Crippen LogP contribution in [0.2, 0.25) is 25.7 Å². The monoisotopic (exact) mass is 424 g/mol. The Balaban J connectivity index is 1.66. The second-order valence-electron chi connectivity index (χ2n) is 10.5. The molecule has 1 saturated heterocycles. The molecule has 8 heteroatoms. The van der Waals surface area contributed by atoms with Crippen LogP contribution >= 0.6 is 0 Å². The van der Waals surface area contributed by atoms with Crippen LogP contribution in [0.4, 0.5) is 4.79 Å². The summed E-state index contributed by atoms with van der Waals surface area (Å²) in [6, 6.07) is 0.743. The summed E-state index contributed by atoms with van der Waals surface area (Å²) in [5.41, 5.74) is -0.831. The Morgan fingerprint density at radius 1 is 1.10 bits per heavy atom. The quantitative estimate of drug-likeness (QED) is 0.340. The maximum atomic E-state index is 13.2. The molecule has 0 aromatic rings. The van der Waals surface area contributed by atoms with E-state index in [0.717, 1.165) is 31.7 Å². The van der Waals surface area contributed by atoms with Crippen molar-refractivity contribution in [3.8, 4) is 0 Å². The van der Waals surface area contributed by atoms with Crippen LogP contribution in [0.5, 0.6) is 0 Å². The first-order valence-corrected chi connectivity index (χ1v) is 14.5. The van der Waals surface area contributed by atoms with Gasteiger partial charge in [0.15, 0.2) is 0 Å². The third-order valence-electron chi connectivity index (χ3n) is 6.89. The molecular weight excluding hydrogens is 388 g/mol. The van der Waals surface area contributed by atoms with Crippen molar-refractivity contribution in [1.29, 1.82) is 0 Å². The molecule has 2 aliphatic carbocycles. The van der Waals surface area contributed by atoms with E-state index in [9.17, 15) is 14.4 Å². The first kappa shape index (κ1) is 22.4. The van der Waals surface area contributed by atoms with Crippen molar-refractivity contribution < 1.29 is 23.9 Å². The first-order chi connectivity index (χ1) is 13.5. The second-order valence-corrected chi connectivity index (χ2v) is 16.2. The van der Waals surface area contributed by atoms with Crippen LogP contribution in [0.1, 0.15) is 45.4 Å². The molecule has 0 radical (unpaired) electrons. The number of amides is 3. The topological polar surface area (TPSA) is 76.2 Å². The van der Waals surface area contributed by atoms with Crippen LogP contribution in [0.3, 0.4) is 0 Å². The molecule has 0 aromatic heterocycles. The van der Waals surface area contributed by atoms with Crippen molar-refractivity contribution in [2.24, 2.45) is 5.41 Å². The van der Waals surface area contributed by atoms with E-state index >= 15 is 0 Å². The molecule has 164 valence electrons. The molecule has 0 N–H and O–H groups in total. The van der Waals surface area contributed by atoms with Gasteiger partial charge in [-0.3, -0.25) is 9.59 Å². The number of carbonyl (C=O) groups is 3. The Morgan fingerprint density at radius 3 is 2.28 bits per heavy atom. The third kappa shape index (κ3) is 4.44. The number of nitrogens with zero attached hydrogens (tertiary/aromatic N) is 2. The number of Topliss-reactive ketones (excluding diaryl/α,β-unsaturated/α-hetero) is 1. The summed E-state index contributed by atoms with van der Waals surface area (Å²) in [6.45, 7) is 9.35. The lowest BCUT2D eigenvalue weighted by atomic mass is 9.57. The molecule has 3 amide bonds. The van der Waals surface area contributed by atoms with E-state index in [0.29, 0.717) is 25.2 Å². The van der Waals surface area contributed by atoms with Crippen LogP contribution < -0.4 is 0 Å². The fourth-order valence-corrected chi connectivity index (χ4v) is 5.79. The van der Waals surface area contributed by atoms with Gasteiger partial charge < -0.3 is 14.4 Å². The smallest absolute Gasteiger partial charge is 0.329 e. The van der Waals surface area contributed by atoms with Gasteiger partial charge in [-0.2, -0.15) is 0 Å². The summed E-state index contributed by atoms with van der Waals surface area (Å²) >= 11 is 0. The lowest BCUT2D eigenvalue weighted by Gasteiger charge is -2.54. The minimum absolute atomic E-state index is 0.00428. The SMILES string of the molecule is COC[C@@]1(C)C(=O)N(COCC[Si](C)(C)C)C(=O)N1C1CC2(CCC(=O)CC2)C1. The predicted molar refractivity (Wildman–Crippen MR) is 112 cm³/mol. The number of urea groups is 1. The van der Waals surface area contributed by atoms with Gasteiger partial charge >= 0.3 is 6.03 Å². The Morgan fingerprint density at radius 2 is 1.72 bits per heavy atom. The zero-order valence-corrected chi connectivity index (χ0v) is 19.6. The molecule has 0 unspecified atom stereocenters. The maximum absolute atomic E-state index is 13.2. The van der Waals surface area contributed by atoms with Crippen molar-refractivity contribution >= 4 is 25.8 Å². The van der Waals surface area contributed by atoms with E-state index in [4.69, 9.17) is 9.47 Å². The predicted octanol–water partition coefficient (Wildman–Crippen LogP) is 3.26. The molecule has 2 saturated carbocycles. The average Bonchev–Trinajstić information content (AvgIpc) is 2.77. The van der Waals surface area contributed by atoms with Crippen LogP contribution in [0.15, 0.2) is 0 Å². The molecule has 3 rings (SSSR count). The number of ether oxygens (including phenoxy) is 2. The van der Waals surface area contributed by atoms with E-state index < -0.39 is 13.6 Å². The van der Waals surface area contributed by atoms with Gasteiger partial charge in [-0.25, -0.2) is 9.69 Å². The molecule has 1 aliphatic heterocycles. The number of ketones is 1. The lowest BCUT2D eigenvalue weighted by Crippen LogP contribution is -2.61. The van der Waals surface area contributed by atoms with Gasteiger partial charge in [0.1, 0.15) is 18.1 Å². The third-order valence-corrected chi connectivity index (χ3v) is 8.59. The number of imide groups is 1. The molecule has 0 aromatic carbocycles. The molecular formula is C21H36N2O5Si. The Hall–Kier alpha value is -1.25. The van der Waals surface area contributed by atoms with E-state index in [1.54, 1.807) is 18.9 Å². The highest BCUT2D eigenvalue weighted by molar-refractivity contribution is 6.76. The van der Waals surface area contributed by atoms with Crippen LogP contribution in [-0.4, -0.2) is 74.2 Å². The largest absolute Gasteiger partial charge is 0.382 e.